The molecule has 126 valence electrons. The maximum atomic E-state index is 12.4. The van der Waals surface area contributed by atoms with E-state index in [0.717, 1.165) is 5.56 Å². The van der Waals surface area contributed by atoms with Gasteiger partial charge >= 0.3 is 5.97 Å². The second kappa shape index (κ2) is 8.49. The first kappa shape index (κ1) is 18.0. The van der Waals surface area contributed by atoms with E-state index in [9.17, 15) is 14.7 Å². The largest absolute Gasteiger partial charge is 0.507 e. The van der Waals surface area contributed by atoms with Gasteiger partial charge in [0.15, 0.2) is 0 Å². The predicted molar refractivity (Wildman–Crippen MR) is 93.8 cm³/mol. The minimum atomic E-state index is -0.835. The number of phenols is 1. The van der Waals surface area contributed by atoms with Crippen LogP contribution >= 0.6 is 15.9 Å². The fourth-order valence-corrected chi connectivity index (χ4v) is 2.57. The average molecular weight is 392 g/mol. The van der Waals surface area contributed by atoms with E-state index >= 15 is 0 Å². The molecule has 1 amide bonds. The molecule has 0 saturated heterocycles. The maximum Gasteiger partial charge on any atom is 0.328 e. The van der Waals surface area contributed by atoms with Crippen LogP contribution in [-0.2, 0) is 16.0 Å². The Hall–Kier alpha value is -2.34. The van der Waals surface area contributed by atoms with Gasteiger partial charge in [-0.2, -0.15) is 0 Å². The number of rotatable bonds is 6. The van der Waals surface area contributed by atoms with E-state index in [4.69, 9.17) is 4.74 Å². The number of benzene rings is 2. The monoisotopic (exact) mass is 391 g/mol. The maximum absolute atomic E-state index is 12.4. The Balaban J connectivity index is 2.19. The van der Waals surface area contributed by atoms with Gasteiger partial charge in [0.1, 0.15) is 11.8 Å². The summed E-state index contributed by atoms with van der Waals surface area (Å²) in [6, 6.07) is 13.0. The van der Waals surface area contributed by atoms with Gasteiger partial charge in [-0.15, -0.1) is 0 Å². The van der Waals surface area contributed by atoms with Gasteiger partial charge in [-0.3, -0.25) is 4.79 Å². The van der Waals surface area contributed by atoms with E-state index in [1.165, 1.54) is 12.1 Å². The molecule has 2 N–H and O–H groups in total. The van der Waals surface area contributed by atoms with Crippen LogP contribution < -0.4 is 5.32 Å². The van der Waals surface area contributed by atoms with Gasteiger partial charge in [0.05, 0.1) is 12.2 Å². The number of carbonyl (C=O) groups is 2. The van der Waals surface area contributed by atoms with Crippen LogP contribution in [0.1, 0.15) is 22.8 Å². The van der Waals surface area contributed by atoms with Crippen LogP contribution in [0, 0.1) is 0 Å². The van der Waals surface area contributed by atoms with Crippen molar-refractivity contribution in [2.75, 3.05) is 6.61 Å². The highest BCUT2D eigenvalue weighted by atomic mass is 79.9. The zero-order valence-corrected chi connectivity index (χ0v) is 14.7. The SMILES string of the molecule is CCOC(=O)[C@H](Cc1ccccc1)NC(=O)c1cc(Br)ccc1O. The molecular formula is C18H18BrNO4. The highest BCUT2D eigenvalue weighted by Gasteiger charge is 2.24. The fraction of sp³-hybridized carbons (Fsp3) is 0.222. The minimum Gasteiger partial charge on any atom is -0.507 e. The summed E-state index contributed by atoms with van der Waals surface area (Å²) in [6.45, 7) is 1.93. The number of aromatic hydroxyl groups is 1. The van der Waals surface area contributed by atoms with Crippen molar-refractivity contribution in [1.29, 1.82) is 0 Å². The van der Waals surface area contributed by atoms with Gasteiger partial charge in [-0.25, -0.2) is 4.79 Å². The summed E-state index contributed by atoms with van der Waals surface area (Å²) < 4.78 is 5.70. The second-order valence-electron chi connectivity index (χ2n) is 5.13. The van der Waals surface area contributed by atoms with Crippen LogP contribution in [0.4, 0.5) is 0 Å². The summed E-state index contributed by atoms with van der Waals surface area (Å²) in [7, 11) is 0. The topological polar surface area (TPSA) is 75.6 Å². The van der Waals surface area contributed by atoms with Gasteiger partial charge in [-0.05, 0) is 30.7 Å². The molecule has 0 radical (unpaired) electrons. The van der Waals surface area contributed by atoms with E-state index in [1.807, 2.05) is 30.3 Å². The lowest BCUT2D eigenvalue weighted by molar-refractivity contribution is -0.145. The summed E-state index contributed by atoms with van der Waals surface area (Å²) in [5.74, 6) is -1.20. The average Bonchev–Trinajstić information content (AvgIpc) is 2.57. The number of esters is 1. The van der Waals surface area contributed by atoms with E-state index in [1.54, 1.807) is 13.0 Å². The Morgan fingerprint density at radius 1 is 1.21 bits per heavy atom. The van der Waals surface area contributed by atoms with Crippen molar-refractivity contribution in [2.45, 2.75) is 19.4 Å². The summed E-state index contributed by atoms with van der Waals surface area (Å²) in [5.41, 5.74) is 0.987. The molecule has 2 aromatic rings. The zero-order chi connectivity index (χ0) is 17.5. The van der Waals surface area contributed by atoms with Crippen LogP contribution in [0.15, 0.2) is 53.0 Å². The molecular weight excluding hydrogens is 374 g/mol. The van der Waals surface area contributed by atoms with Crippen LogP contribution in [0.5, 0.6) is 5.75 Å². The van der Waals surface area contributed by atoms with Crippen molar-refractivity contribution in [3.63, 3.8) is 0 Å². The van der Waals surface area contributed by atoms with Gasteiger partial charge in [0.25, 0.3) is 5.91 Å². The highest BCUT2D eigenvalue weighted by Crippen LogP contribution is 2.22. The first-order valence-electron chi connectivity index (χ1n) is 7.51. The van der Waals surface area contributed by atoms with Crippen molar-refractivity contribution < 1.29 is 19.4 Å². The summed E-state index contributed by atoms with van der Waals surface area (Å²) in [6.07, 6.45) is 0.306. The number of hydrogen-bond acceptors (Lipinski definition) is 4. The molecule has 0 aromatic heterocycles. The van der Waals surface area contributed by atoms with Crippen LogP contribution in [0.25, 0.3) is 0 Å². The Morgan fingerprint density at radius 2 is 1.92 bits per heavy atom. The van der Waals surface area contributed by atoms with Crippen LogP contribution in [0.2, 0.25) is 0 Å². The van der Waals surface area contributed by atoms with E-state index in [2.05, 4.69) is 21.2 Å². The van der Waals surface area contributed by atoms with Gasteiger partial charge < -0.3 is 15.2 Å². The summed E-state index contributed by atoms with van der Waals surface area (Å²) in [5, 5.41) is 12.5. The van der Waals surface area contributed by atoms with Crippen molar-refractivity contribution in [3.05, 3.63) is 64.1 Å². The smallest absolute Gasteiger partial charge is 0.328 e. The molecule has 24 heavy (non-hydrogen) atoms. The number of hydrogen-bond donors (Lipinski definition) is 2. The van der Waals surface area contributed by atoms with Crippen molar-refractivity contribution in [2.24, 2.45) is 0 Å². The molecule has 0 fully saturated rings. The lowest BCUT2D eigenvalue weighted by atomic mass is 10.1. The Morgan fingerprint density at radius 3 is 2.58 bits per heavy atom. The van der Waals surface area contributed by atoms with Gasteiger partial charge in [0, 0.05) is 10.9 Å². The Kier molecular flexibility index (Phi) is 6.37. The summed E-state index contributed by atoms with van der Waals surface area (Å²) >= 11 is 3.26. The number of halogens is 1. The molecule has 0 unspecified atom stereocenters. The molecule has 0 heterocycles. The molecule has 0 aliphatic rings. The zero-order valence-electron chi connectivity index (χ0n) is 13.2. The number of phenolic OH excluding ortho intramolecular Hbond substituents is 1. The van der Waals surface area contributed by atoms with Gasteiger partial charge in [0.2, 0.25) is 0 Å². The van der Waals surface area contributed by atoms with Crippen molar-refractivity contribution in [1.82, 2.24) is 5.32 Å². The molecule has 0 aliphatic heterocycles. The van der Waals surface area contributed by atoms with E-state index in [0.29, 0.717) is 10.9 Å². The Labute approximate surface area is 148 Å². The second-order valence-corrected chi connectivity index (χ2v) is 6.04. The minimum absolute atomic E-state index is 0.0896. The number of carbonyl (C=O) groups excluding carboxylic acids is 2. The highest BCUT2D eigenvalue weighted by molar-refractivity contribution is 9.10. The number of amides is 1. The van der Waals surface area contributed by atoms with Crippen molar-refractivity contribution >= 4 is 27.8 Å². The molecule has 6 heteroatoms. The van der Waals surface area contributed by atoms with Gasteiger partial charge in [-0.1, -0.05) is 46.3 Å². The van der Waals surface area contributed by atoms with E-state index in [-0.39, 0.29) is 17.9 Å². The van der Waals surface area contributed by atoms with Crippen molar-refractivity contribution in [3.8, 4) is 5.75 Å². The molecule has 1 atom stereocenters. The quantitative estimate of drug-likeness (QED) is 0.741. The lowest BCUT2D eigenvalue weighted by Crippen LogP contribution is -2.43. The summed E-state index contributed by atoms with van der Waals surface area (Å²) in [4.78, 5) is 24.6. The Bertz CT molecular complexity index is 718. The van der Waals surface area contributed by atoms with Crippen LogP contribution in [0.3, 0.4) is 0 Å². The standard InChI is InChI=1S/C18H18BrNO4/c1-2-24-18(23)15(10-12-6-4-3-5-7-12)20-17(22)14-11-13(19)8-9-16(14)21/h3-9,11,15,21H,2,10H2,1H3,(H,20,22)/t15-/m0/s1. The number of nitrogens with one attached hydrogen (secondary N) is 1. The first-order valence-corrected chi connectivity index (χ1v) is 8.30. The molecule has 0 aliphatic carbocycles. The third-order valence-corrected chi connectivity index (χ3v) is 3.86. The molecule has 2 rings (SSSR count). The predicted octanol–water partition coefficient (Wildman–Crippen LogP) is 3.06. The fourth-order valence-electron chi connectivity index (χ4n) is 2.21. The molecule has 5 nitrogen and oxygen atoms in total. The number of ether oxygens (including phenoxy) is 1. The molecule has 0 spiro atoms. The third-order valence-electron chi connectivity index (χ3n) is 3.36. The van der Waals surface area contributed by atoms with E-state index < -0.39 is 17.9 Å². The van der Waals surface area contributed by atoms with Crippen LogP contribution in [-0.4, -0.2) is 29.6 Å². The molecule has 0 saturated carbocycles. The normalized spacial score (nSPS) is 11.6. The molecule has 2 aromatic carbocycles. The lowest BCUT2D eigenvalue weighted by Gasteiger charge is -2.18. The molecule has 0 bridgehead atoms. The first-order chi connectivity index (χ1) is 11.5. The third kappa shape index (κ3) is 4.83.